The predicted octanol–water partition coefficient (Wildman–Crippen LogP) is 2.78. The van der Waals surface area contributed by atoms with Crippen molar-refractivity contribution in [2.45, 2.75) is 25.8 Å². The van der Waals surface area contributed by atoms with Crippen LogP contribution in [0.4, 0.5) is 15.3 Å². The van der Waals surface area contributed by atoms with Crippen molar-refractivity contribution in [3.63, 3.8) is 0 Å². The maximum atomic E-state index is 12.5. The first kappa shape index (κ1) is 17.6. The van der Waals surface area contributed by atoms with Crippen molar-refractivity contribution in [2.24, 2.45) is 0 Å². The summed E-state index contributed by atoms with van der Waals surface area (Å²) in [5.74, 6) is 0.746. The highest BCUT2D eigenvalue weighted by molar-refractivity contribution is 8.14. The fourth-order valence-corrected chi connectivity index (χ4v) is 3.87. The third-order valence-corrected chi connectivity index (χ3v) is 5.16. The average molecular weight is 363 g/mol. The van der Waals surface area contributed by atoms with E-state index in [1.54, 1.807) is 11.0 Å². The van der Waals surface area contributed by atoms with E-state index < -0.39 is 0 Å². The second kappa shape index (κ2) is 7.77. The summed E-state index contributed by atoms with van der Waals surface area (Å²) in [6.07, 6.45) is 1.22. The molecule has 2 aliphatic rings. The highest BCUT2D eigenvalue weighted by Gasteiger charge is 2.37. The fraction of sp³-hybridized carbons (Fsp3) is 0.471. The smallest absolute Gasteiger partial charge is 0.321 e. The minimum absolute atomic E-state index is 0.102. The molecule has 0 radical (unpaired) electrons. The lowest BCUT2D eigenvalue weighted by Crippen LogP contribution is -2.49. The zero-order valence-corrected chi connectivity index (χ0v) is 14.9. The van der Waals surface area contributed by atoms with E-state index in [-0.39, 0.29) is 29.0 Å². The number of hydrogen-bond acceptors (Lipinski definition) is 5. The third kappa shape index (κ3) is 3.89. The lowest BCUT2D eigenvalue weighted by molar-refractivity contribution is -0.126. The minimum Gasteiger partial charge on any atom is -0.492 e. The SMILES string of the molecule is CCOc1ccccc1NC(=O)N1CCC(N2C(=O)CSC2=O)CC1. The van der Waals surface area contributed by atoms with Crippen molar-refractivity contribution >= 4 is 34.6 Å². The fourth-order valence-electron chi connectivity index (χ4n) is 3.09. The van der Waals surface area contributed by atoms with Gasteiger partial charge in [-0.05, 0) is 31.9 Å². The summed E-state index contributed by atoms with van der Waals surface area (Å²) in [4.78, 5) is 39.2. The Kier molecular flexibility index (Phi) is 5.47. The Balaban J connectivity index is 1.57. The molecule has 1 N–H and O–H groups in total. The summed E-state index contributed by atoms with van der Waals surface area (Å²) in [6.45, 7) is 3.43. The van der Waals surface area contributed by atoms with Crippen molar-refractivity contribution in [1.29, 1.82) is 0 Å². The van der Waals surface area contributed by atoms with Crippen LogP contribution in [0.5, 0.6) is 5.75 Å². The molecule has 0 spiro atoms. The molecule has 2 aliphatic heterocycles. The van der Waals surface area contributed by atoms with Crippen molar-refractivity contribution in [1.82, 2.24) is 9.80 Å². The van der Waals surface area contributed by atoms with Gasteiger partial charge in [-0.1, -0.05) is 23.9 Å². The largest absolute Gasteiger partial charge is 0.492 e. The van der Waals surface area contributed by atoms with E-state index in [0.717, 1.165) is 11.8 Å². The first-order valence-electron chi connectivity index (χ1n) is 8.36. The number of thioether (sulfide) groups is 1. The standard InChI is InChI=1S/C17H21N3O4S/c1-2-24-14-6-4-3-5-13(14)18-16(22)19-9-7-12(8-10-19)20-15(21)11-25-17(20)23/h3-6,12H,2,7-11H2,1H3,(H,18,22). The van der Waals surface area contributed by atoms with Gasteiger partial charge >= 0.3 is 6.03 Å². The van der Waals surface area contributed by atoms with E-state index in [1.165, 1.54) is 4.90 Å². The lowest BCUT2D eigenvalue weighted by atomic mass is 10.0. The first-order chi connectivity index (χ1) is 12.1. The monoisotopic (exact) mass is 363 g/mol. The number of piperidine rings is 1. The zero-order chi connectivity index (χ0) is 17.8. The number of urea groups is 1. The molecular formula is C17H21N3O4S. The Morgan fingerprint density at radius 3 is 2.64 bits per heavy atom. The number of rotatable bonds is 4. The molecule has 2 saturated heterocycles. The van der Waals surface area contributed by atoms with E-state index in [2.05, 4.69) is 5.32 Å². The average Bonchev–Trinajstić information content (AvgIpc) is 2.95. The van der Waals surface area contributed by atoms with Gasteiger partial charge in [0.25, 0.3) is 5.24 Å². The Hall–Kier alpha value is -2.22. The summed E-state index contributed by atoms with van der Waals surface area (Å²) in [5.41, 5.74) is 0.637. The summed E-state index contributed by atoms with van der Waals surface area (Å²) in [6, 6.07) is 7.01. The van der Waals surface area contributed by atoms with Gasteiger partial charge in [-0.25, -0.2) is 4.79 Å². The molecule has 0 aromatic heterocycles. The minimum atomic E-state index is -0.195. The predicted molar refractivity (Wildman–Crippen MR) is 95.9 cm³/mol. The van der Waals surface area contributed by atoms with Crippen molar-refractivity contribution in [2.75, 3.05) is 30.8 Å². The van der Waals surface area contributed by atoms with Crippen LogP contribution in [0.2, 0.25) is 0 Å². The molecule has 2 fully saturated rings. The summed E-state index contributed by atoms with van der Waals surface area (Å²) >= 11 is 1.05. The van der Waals surface area contributed by atoms with Crippen molar-refractivity contribution in [3.05, 3.63) is 24.3 Å². The Morgan fingerprint density at radius 2 is 2.00 bits per heavy atom. The molecule has 134 valence electrons. The number of likely N-dealkylation sites (tertiary alicyclic amines) is 1. The highest BCUT2D eigenvalue weighted by Crippen LogP contribution is 2.28. The van der Waals surface area contributed by atoms with Crippen LogP contribution in [0.3, 0.4) is 0 Å². The highest BCUT2D eigenvalue weighted by atomic mass is 32.2. The van der Waals surface area contributed by atoms with Crippen molar-refractivity contribution in [3.8, 4) is 5.75 Å². The van der Waals surface area contributed by atoms with Crippen LogP contribution < -0.4 is 10.1 Å². The summed E-state index contributed by atoms with van der Waals surface area (Å²) < 4.78 is 5.52. The van der Waals surface area contributed by atoms with Gasteiger partial charge in [0, 0.05) is 19.1 Å². The molecule has 0 aliphatic carbocycles. The topological polar surface area (TPSA) is 79.0 Å². The molecule has 3 rings (SSSR count). The molecule has 0 unspecified atom stereocenters. The molecule has 0 bridgehead atoms. The maximum absolute atomic E-state index is 12.5. The van der Waals surface area contributed by atoms with E-state index in [9.17, 15) is 14.4 Å². The Bertz CT molecular complexity index is 658. The van der Waals surface area contributed by atoms with Gasteiger partial charge in [0.05, 0.1) is 18.0 Å². The number of nitrogens with one attached hydrogen (secondary N) is 1. The summed E-state index contributed by atoms with van der Waals surface area (Å²) in [5, 5.41) is 2.71. The number of hydrogen-bond donors (Lipinski definition) is 1. The number of nitrogens with zero attached hydrogens (tertiary/aromatic N) is 2. The van der Waals surface area contributed by atoms with E-state index in [0.29, 0.717) is 44.0 Å². The van der Waals surface area contributed by atoms with Gasteiger partial charge in [0.1, 0.15) is 5.75 Å². The molecule has 7 nitrogen and oxygen atoms in total. The van der Waals surface area contributed by atoms with Gasteiger partial charge in [-0.3, -0.25) is 14.5 Å². The molecule has 0 atom stereocenters. The van der Waals surface area contributed by atoms with E-state index >= 15 is 0 Å². The summed E-state index contributed by atoms with van der Waals surface area (Å²) in [7, 11) is 0. The van der Waals surface area contributed by atoms with Crippen LogP contribution in [-0.2, 0) is 4.79 Å². The van der Waals surface area contributed by atoms with Gasteiger partial charge in [0.2, 0.25) is 5.91 Å². The Labute approximate surface area is 150 Å². The van der Waals surface area contributed by atoms with Gasteiger partial charge in [-0.2, -0.15) is 0 Å². The molecule has 2 heterocycles. The van der Waals surface area contributed by atoms with Gasteiger partial charge in [-0.15, -0.1) is 0 Å². The van der Waals surface area contributed by atoms with E-state index in [1.807, 2.05) is 25.1 Å². The molecule has 4 amide bonds. The molecule has 8 heteroatoms. The molecule has 0 saturated carbocycles. The van der Waals surface area contributed by atoms with Crippen LogP contribution in [0.1, 0.15) is 19.8 Å². The molecular weight excluding hydrogens is 342 g/mol. The van der Waals surface area contributed by atoms with Crippen LogP contribution >= 0.6 is 11.8 Å². The van der Waals surface area contributed by atoms with Crippen molar-refractivity contribution < 1.29 is 19.1 Å². The Morgan fingerprint density at radius 1 is 1.28 bits per heavy atom. The molecule has 1 aromatic carbocycles. The lowest BCUT2D eigenvalue weighted by Gasteiger charge is -2.35. The quantitative estimate of drug-likeness (QED) is 0.890. The molecule has 1 aromatic rings. The normalized spacial score (nSPS) is 18.6. The van der Waals surface area contributed by atoms with Crippen LogP contribution in [-0.4, -0.2) is 58.5 Å². The first-order valence-corrected chi connectivity index (χ1v) is 9.35. The maximum Gasteiger partial charge on any atom is 0.321 e. The van der Waals surface area contributed by atoms with Gasteiger partial charge < -0.3 is 15.0 Å². The molecule has 25 heavy (non-hydrogen) atoms. The number of carbonyl (C=O) groups is 3. The van der Waals surface area contributed by atoms with E-state index in [4.69, 9.17) is 4.74 Å². The zero-order valence-electron chi connectivity index (χ0n) is 14.1. The number of benzene rings is 1. The number of para-hydroxylation sites is 2. The van der Waals surface area contributed by atoms with Crippen LogP contribution in [0.15, 0.2) is 24.3 Å². The number of carbonyl (C=O) groups excluding carboxylic acids is 3. The van der Waals surface area contributed by atoms with Gasteiger partial charge in [0.15, 0.2) is 0 Å². The van der Waals surface area contributed by atoms with Crippen LogP contribution in [0.25, 0.3) is 0 Å². The second-order valence-corrected chi connectivity index (χ2v) is 6.82. The number of anilines is 1. The third-order valence-electron chi connectivity index (χ3n) is 4.33. The number of ether oxygens (including phenoxy) is 1. The number of amides is 4. The second-order valence-electron chi connectivity index (χ2n) is 5.90. The number of imide groups is 1. The van der Waals surface area contributed by atoms with Crippen LogP contribution in [0, 0.1) is 0 Å².